The van der Waals surface area contributed by atoms with Gasteiger partial charge in [0.15, 0.2) is 5.69 Å². The molecule has 1 aromatic carbocycles. The van der Waals surface area contributed by atoms with Gasteiger partial charge in [-0.25, -0.2) is 4.68 Å². The lowest BCUT2D eigenvalue weighted by Gasteiger charge is -2.05. The molecular weight excluding hydrogens is 304 g/mol. The molecule has 1 aromatic heterocycles. The number of hydrogen-bond donors (Lipinski definition) is 2. The molecule has 0 radical (unpaired) electrons. The molecule has 120 valence electrons. The third-order valence-electron chi connectivity index (χ3n) is 2.91. The molecule has 0 saturated carbocycles. The Balaban J connectivity index is 0.00000242. The molecular formula is C15H21ClN4O2. The van der Waals surface area contributed by atoms with Crippen molar-refractivity contribution in [2.24, 2.45) is 0 Å². The van der Waals surface area contributed by atoms with Crippen molar-refractivity contribution in [2.75, 3.05) is 33.4 Å². The highest BCUT2D eigenvalue weighted by molar-refractivity contribution is 5.92. The van der Waals surface area contributed by atoms with Crippen LogP contribution < -0.4 is 10.6 Å². The standard InChI is InChI=1S/C15H20N4O2.ClH/c1-21-12-10-16-8-9-17-15(20)14-7-11-19(18-14)13-5-3-2-4-6-13;/h2-7,11,16H,8-10,12H2,1H3,(H,17,20);1H. The molecule has 0 aliphatic carbocycles. The molecule has 22 heavy (non-hydrogen) atoms. The molecule has 6 nitrogen and oxygen atoms in total. The summed E-state index contributed by atoms with van der Waals surface area (Å²) in [5.41, 5.74) is 1.34. The van der Waals surface area contributed by atoms with Crippen molar-refractivity contribution >= 4 is 18.3 Å². The minimum Gasteiger partial charge on any atom is -0.383 e. The molecule has 0 fully saturated rings. The normalized spacial score (nSPS) is 10.0. The van der Waals surface area contributed by atoms with Crippen LogP contribution in [0.2, 0.25) is 0 Å². The smallest absolute Gasteiger partial charge is 0.271 e. The Labute approximate surface area is 136 Å². The van der Waals surface area contributed by atoms with Crippen molar-refractivity contribution in [3.63, 3.8) is 0 Å². The van der Waals surface area contributed by atoms with E-state index in [0.717, 1.165) is 12.2 Å². The van der Waals surface area contributed by atoms with Crippen LogP contribution in [0.5, 0.6) is 0 Å². The molecule has 0 aliphatic rings. The monoisotopic (exact) mass is 324 g/mol. The minimum absolute atomic E-state index is 0. The first-order valence-electron chi connectivity index (χ1n) is 6.90. The van der Waals surface area contributed by atoms with Gasteiger partial charge in [0.25, 0.3) is 5.91 Å². The van der Waals surface area contributed by atoms with Crippen LogP contribution in [0.1, 0.15) is 10.5 Å². The fourth-order valence-electron chi connectivity index (χ4n) is 1.82. The average molecular weight is 325 g/mol. The van der Waals surface area contributed by atoms with Gasteiger partial charge in [0, 0.05) is 32.9 Å². The van der Waals surface area contributed by atoms with Gasteiger partial charge in [-0.3, -0.25) is 4.79 Å². The minimum atomic E-state index is -0.168. The molecule has 0 atom stereocenters. The number of benzene rings is 1. The molecule has 7 heteroatoms. The first-order chi connectivity index (χ1) is 10.3. The lowest BCUT2D eigenvalue weighted by Crippen LogP contribution is -2.33. The predicted molar refractivity (Wildman–Crippen MR) is 87.9 cm³/mol. The second kappa shape index (κ2) is 9.94. The van der Waals surface area contributed by atoms with E-state index in [-0.39, 0.29) is 18.3 Å². The van der Waals surface area contributed by atoms with E-state index in [1.807, 2.05) is 30.3 Å². The molecule has 0 saturated heterocycles. The maximum absolute atomic E-state index is 11.9. The van der Waals surface area contributed by atoms with Crippen molar-refractivity contribution < 1.29 is 9.53 Å². The van der Waals surface area contributed by atoms with Gasteiger partial charge in [-0.2, -0.15) is 5.10 Å². The van der Waals surface area contributed by atoms with Crippen molar-refractivity contribution in [2.45, 2.75) is 0 Å². The number of amides is 1. The van der Waals surface area contributed by atoms with E-state index in [0.29, 0.717) is 25.4 Å². The fourth-order valence-corrected chi connectivity index (χ4v) is 1.82. The molecule has 0 unspecified atom stereocenters. The van der Waals surface area contributed by atoms with E-state index >= 15 is 0 Å². The summed E-state index contributed by atoms with van der Waals surface area (Å²) in [7, 11) is 1.66. The summed E-state index contributed by atoms with van der Waals surface area (Å²) in [6.07, 6.45) is 1.78. The van der Waals surface area contributed by atoms with E-state index < -0.39 is 0 Å². The van der Waals surface area contributed by atoms with Crippen LogP contribution in [0.3, 0.4) is 0 Å². The topological polar surface area (TPSA) is 68.2 Å². The van der Waals surface area contributed by atoms with Crippen LogP contribution in [-0.4, -0.2) is 49.0 Å². The van der Waals surface area contributed by atoms with Crippen LogP contribution in [0.15, 0.2) is 42.6 Å². The van der Waals surface area contributed by atoms with Crippen LogP contribution >= 0.6 is 12.4 Å². The predicted octanol–water partition coefficient (Wildman–Crippen LogP) is 1.26. The Morgan fingerprint density at radius 3 is 2.68 bits per heavy atom. The number of para-hydroxylation sites is 1. The molecule has 0 bridgehead atoms. The van der Waals surface area contributed by atoms with Crippen LogP contribution in [0.4, 0.5) is 0 Å². The van der Waals surface area contributed by atoms with Crippen LogP contribution in [0, 0.1) is 0 Å². The number of hydrogen-bond acceptors (Lipinski definition) is 4. The van der Waals surface area contributed by atoms with Gasteiger partial charge < -0.3 is 15.4 Å². The van der Waals surface area contributed by atoms with Gasteiger partial charge >= 0.3 is 0 Å². The van der Waals surface area contributed by atoms with Gasteiger partial charge in [0.2, 0.25) is 0 Å². The second-order valence-corrected chi connectivity index (χ2v) is 4.48. The van der Waals surface area contributed by atoms with Crippen LogP contribution in [0.25, 0.3) is 5.69 Å². The van der Waals surface area contributed by atoms with Crippen molar-refractivity contribution in [1.29, 1.82) is 0 Å². The summed E-state index contributed by atoms with van der Waals surface area (Å²) in [6.45, 7) is 2.69. The molecule has 2 rings (SSSR count). The van der Waals surface area contributed by atoms with E-state index in [2.05, 4.69) is 15.7 Å². The highest BCUT2D eigenvalue weighted by Crippen LogP contribution is 2.06. The number of carbonyl (C=O) groups is 1. The van der Waals surface area contributed by atoms with Gasteiger partial charge in [-0.1, -0.05) is 18.2 Å². The summed E-state index contributed by atoms with van der Waals surface area (Å²) in [5, 5.41) is 10.3. The number of aromatic nitrogens is 2. The number of halogens is 1. The lowest BCUT2D eigenvalue weighted by atomic mass is 10.3. The van der Waals surface area contributed by atoms with Crippen LogP contribution in [-0.2, 0) is 4.74 Å². The highest BCUT2D eigenvalue weighted by Gasteiger charge is 2.09. The Kier molecular flexibility index (Phi) is 8.21. The Morgan fingerprint density at radius 1 is 1.18 bits per heavy atom. The number of rotatable bonds is 8. The van der Waals surface area contributed by atoms with Gasteiger partial charge in [0.1, 0.15) is 0 Å². The zero-order valence-electron chi connectivity index (χ0n) is 12.5. The first-order valence-corrected chi connectivity index (χ1v) is 6.90. The number of nitrogens with zero attached hydrogens (tertiary/aromatic N) is 2. The van der Waals surface area contributed by atoms with E-state index in [9.17, 15) is 4.79 Å². The van der Waals surface area contributed by atoms with Gasteiger partial charge in [0.05, 0.1) is 12.3 Å². The third kappa shape index (κ3) is 5.48. The van der Waals surface area contributed by atoms with Crippen molar-refractivity contribution in [3.05, 3.63) is 48.3 Å². The number of ether oxygens (including phenoxy) is 1. The molecule has 0 spiro atoms. The fraction of sp³-hybridized carbons (Fsp3) is 0.333. The molecule has 1 amide bonds. The Hall–Kier alpha value is -1.89. The van der Waals surface area contributed by atoms with E-state index in [1.165, 1.54) is 0 Å². The zero-order valence-corrected chi connectivity index (χ0v) is 13.3. The van der Waals surface area contributed by atoms with Crippen molar-refractivity contribution in [3.8, 4) is 5.69 Å². The molecule has 2 N–H and O–H groups in total. The summed E-state index contributed by atoms with van der Waals surface area (Å²) in [4.78, 5) is 11.9. The molecule has 2 aromatic rings. The summed E-state index contributed by atoms with van der Waals surface area (Å²) >= 11 is 0. The second-order valence-electron chi connectivity index (χ2n) is 4.48. The zero-order chi connectivity index (χ0) is 14.9. The Morgan fingerprint density at radius 2 is 1.95 bits per heavy atom. The van der Waals surface area contributed by atoms with E-state index in [4.69, 9.17) is 4.74 Å². The first kappa shape index (κ1) is 18.2. The summed E-state index contributed by atoms with van der Waals surface area (Å²) < 4.78 is 6.61. The quantitative estimate of drug-likeness (QED) is 0.717. The maximum Gasteiger partial charge on any atom is 0.271 e. The van der Waals surface area contributed by atoms with Crippen molar-refractivity contribution in [1.82, 2.24) is 20.4 Å². The molecule has 1 heterocycles. The largest absolute Gasteiger partial charge is 0.383 e. The lowest BCUT2D eigenvalue weighted by molar-refractivity contribution is 0.0948. The summed E-state index contributed by atoms with van der Waals surface area (Å²) in [6, 6.07) is 11.4. The van der Waals surface area contributed by atoms with Gasteiger partial charge in [-0.05, 0) is 18.2 Å². The average Bonchev–Trinajstić information content (AvgIpc) is 3.01. The third-order valence-corrected chi connectivity index (χ3v) is 2.91. The Bertz CT molecular complexity index is 560. The highest BCUT2D eigenvalue weighted by atomic mass is 35.5. The van der Waals surface area contributed by atoms with E-state index in [1.54, 1.807) is 24.1 Å². The number of nitrogens with one attached hydrogen (secondary N) is 2. The number of carbonyl (C=O) groups excluding carboxylic acids is 1. The number of methoxy groups -OCH3 is 1. The molecule has 0 aliphatic heterocycles. The van der Waals surface area contributed by atoms with Gasteiger partial charge in [-0.15, -0.1) is 12.4 Å². The summed E-state index contributed by atoms with van der Waals surface area (Å²) in [5.74, 6) is -0.168. The SMILES string of the molecule is COCCNCCNC(=O)c1ccn(-c2ccccc2)n1.Cl. The maximum atomic E-state index is 11.9.